The molecule has 1 aliphatic heterocycles. The van der Waals surface area contributed by atoms with Crippen molar-refractivity contribution in [1.29, 1.82) is 0 Å². The fourth-order valence-electron chi connectivity index (χ4n) is 3.98. The van der Waals surface area contributed by atoms with Crippen LogP contribution in [0.1, 0.15) is 36.5 Å². The number of hydrogen-bond donors (Lipinski definition) is 2. The van der Waals surface area contributed by atoms with E-state index in [0.717, 1.165) is 37.5 Å². The van der Waals surface area contributed by atoms with Gasteiger partial charge in [-0.2, -0.15) is 0 Å². The number of nitrogens with one attached hydrogen (secondary N) is 2. The van der Waals surface area contributed by atoms with E-state index in [4.69, 9.17) is 4.74 Å². The van der Waals surface area contributed by atoms with Crippen LogP contribution in [-0.2, 0) is 24.4 Å². The van der Waals surface area contributed by atoms with Crippen LogP contribution >= 0.6 is 0 Å². The summed E-state index contributed by atoms with van der Waals surface area (Å²) < 4.78 is 18.9. The van der Waals surface area contributed by atoms with E-state index in [-0.39, 0.29) is 12.4 Å². The molecule has 1 aliphatic rings. The van der Waals surface area contributed by atoms with Crippen LogP contribution in [0.2, 0.25) is 0 Å². The van der Waals surface area contributed by atoms with Crippen LogP contribution in [-0.4, -0.2) is 43.6 Å². The highest BCUT2D eigenvalue weighted by Gasteiger charge is 2.25. The van der Waals surface area contributed by atoms with Gasteiger partial charge in [0, 0.05) is 51.4 Å². The molecule has 6 heteroatoms. The Hall–Kier alpha value is -2.44. The van der Waals surface area contributed by atoms with Crippen LogP contribution in [0.5, 0.6) is 0 Å². The van der Waals surface area contributed by atoms with Crippen LogP contribution in [0.4, 0.5) is 4.39 Å². The van der Waals surface area contributed by atoms with E-state index >= 15 is 0 Å². The molecule has 1 heterocycles. The Bertz CT molecular complexity index is 827. The van der Waals surface area contributed by atoms with Gasteiger partial charge in [-0.25, -0.2) is 4.39 Å². The third-order valence-corrected chi connectivity index (χ3v) is 5.68. The number of guanidine groups is 1. The number of piperidine rings is 1. The molecular weight excluding hydrogens is 379 g/mol. The van der Waals surface area contributed by atoms with Crippen molar-refractivity contribution < 1.29 is 9.13 Å². The molecule has 2 aromatic carbocycles. The molecule has 162 valence electrons. The summed E-state index contributed by atoms with van der Waals surface area (Å²) in [6.45, 7) is 5.20. The Kier molecular flexibility index (Phi) is 8.22. The predicted molar refractivity (Wildman–Crippen MR) is 120 cm³/mol. The van der Waals surface area contributed by atoms with Crippen LogP contribution in [0, 0.1) is 5.82 Å². The topological polar surface area (TPSA) is 48.9 Å². The summed E-state index contributed by atoms with van der Waals surface area (Å²) in [6.07, 6.45) is 2.15. The van der Waals surface area contributed by atoms with Crippen molar-refractivity contribution in [2.24, 2.45) is 4.99 Å². The van der Waals surface area contributed by atoms with Crippen molar-refractivity contribution in [3.8, 4) is 0 Å². The molecule has 3 rings (SSSR count). The maximum Gasteiger partial charge on any atom is 0.191 e. The Morgan fingerprint density at radius 1 is 1.20 bits per heavy atom. The molecular formula is C24H33FN4O. The maximum absolute atomic E-state index is 13.8. The average molecular weight is 413 g/mol. The first-order chi connectivity index (χ1) is 14.6. The molecule has 1 fully saturated rings. The van der Waals surface area contributed by atoms with Crippen molar-refractivity contribution in [3.63, 3.8) is 0 Å². The minimum atomic E-state index is -0.237. The lowest BCUT2D eigenvalue weighted by Crippen LogP contribution is -2.51. The van der Waals surface area contributed by atoms with Gasteiger partial charge in [-0.3, -0.25) is 9.89 Å². The minimum absolute atomic E-state index is 0.237. The summed E-state index contributed by atoms with van der Waals surface area (Å²) >= 11 is 0. The second-order valence-corrected chi connectivity index (χ2v) is 7.96. The molecule has 2 unspecified atom stereocenters. The molecule has 0 amide bonds. The van der Waals surface area contributed by atoms with E-state index in [1.165, 1.54) is 11.6 Å². The van der Waals surface area contributed by atoms with Gasteiger partial charge in [-0.1, -0.05) is 36.4 Å². The van der Waals surface area contributed by atoms with E-state index in [9.17, 15) is 4.39 Å². The van der Waals surface area contributed by atoms with Gasteiger partial charge in [0.25, 0.3) is 0 Å². The van der Waals surface area contributed by atoms with Crippen molar-refractivity contribution in [2.45, 2.75) is 51.5 Å². The van der Waals surface area contributed by atoms with Crippen molar-refractivity contribution in [3.05, 3.63) is 71.0 Å². The van der Waals surface area contributed by atoms with E-state index < -0.39 is 0 Å². The SMILES string of the molecule is CN=C(NCc1ccc(F)c(COC)c1)NC1CCN(Cc2ccccc2)C(C)C1. The number of aliphatic imine (C=N–C) groups is 1. The number of benzene rings is 2. The molecule has 2 N–H and O–H groups in total. The Morgan fingerprint density at radius 2 is 2.00 bits per heavy atom. The van der Waals surface area contributed by atoms with Crippen molar-refractivity contribution in [1.82, 2.24) is 15.5 Å². The fraction of sp³-hybridized carbons (Fsp3) is 0.458. The number of methoxy groups -OCH3 is 1. The number of ether oxygens (including phenoxy) is 1. The van der Waals surface area contributed by atoms with Gasteiger partial charge in [0.15, 0.2) is 5.96 Å². The monoisotopic (exact) mass is 412 g/mol. The highest BCUT2D eigenvalue weighted by atomic mass is 19.1. The number of halogens is 1. The zero-order chi connectivity index (χ0) is 21.3. The number of likely N-dealkylation sites (tertiary alicyclic amines) is 1. The van der Waals surface area contributed by atoms with Crippen LogP contribution < -0.4 is 10.6 Å². The van der Waals surface area contributed by atoms with E-state index in [0.29, 0.717) is 24.2 Å². The van der Waals surface area contributed by atoms with Gasteiger partial charge >= 0.3 is 0 Å². The zero-order valence-corrected chi connectivity index (χ0v) is 18.2. The lowest BCUT2D eigenvalue weighted by Gasteiger charge is -2.38. The second kappa shape index (κ2) is 11.1. The summed E-state index contributed by atoms with van der Waals surface area (Å²) in [5, 5.41) is 6.91. The summed E-state index contributed by atoms with van der Waals surface area (Å²) in [7, 11) is 3.35. The van der Waals surface area contributed by atoms with E-state index in [1.54, 1.807) is 20.2 Å². The van der Waals surface area contributed by atoms with Crippen LogP contribution in [0.15, 0.2) is 53.5 Å². The zero-order valence-electron chi connectivity index (χ0n) is 18.2. The lowest BCUT2D eigenvalue weighted by molar-refractivity contribution is 0.134. The summed E-state index contributed by atoms with van der Waals surface area (Å²) in [4.78, 5) is 6.91. The van der Waals surface area contributed by atoms with Crippen LogP contribution in [0.25, 0.3) is 0 Å². The molecule has 0 aromatic heterocycles. The number of nitrogens with zero attached hydrogens (tertiary/aromatic N) is 2. The Labute approximate surface area is 179 Å². The largest absolute Gasteiger partial charge is 0.380 e. The smallest absolute Gasteiger partial charge is 0.191 e. The summed E-state index contributed by atoms with van der Waals surface area (Å²) in [5.74, 6) is 0.542. The summed E-state index contributed by atoms with van der Waals surface area (Å²) in [6, 6.07) is 16.7. The Balaban J connectivity index is 1.49. The molecule has 0 bridgehead atoms. The third kappa shape index (κ3) is 6.28. The first-order valence-corrected chi connectivity index (χ1v) is 10.6. The van der Waals surface area contributed by atoms with Crippen LogP contribution in [0.3, 0.4) is 0 Å². The Morgan fingerprint density at radius 3 is 2.70 bits per heavy atom. The molecule has 0 saturated carbocycles. The molecule has 2 atom stereocenters. The number of hydrogen-bond acceptors (Lipinski definition) is 3. The molecule has 0 radical (unpaired) electrons. The number of rotatable bonds is 7. The average Bonchev–Trinajstić information content (AvgIpc) is 2.76. The fourth-order valence-corrected chi connectivity index (χ4v) is 3.98. The normalized spacial score (nSPS) is 20.2. The molecule has 0 spiro atoms. The minimum Gasteiger partial charge on any atom is -0.380 e. The van der Waals surface area contributed by atoms with Crippen molar-refractivity contribution >= 4 is 5.96 Å². The molecule has 5 nitrogen and oxygen atoms in total. The lowest BCUT2D eigenvalue weighted by atomic mass is 9.97. The molecule has 30 heavy (non-hydrogen) atoms. The molecule has 1 saturated heterocycles. The standard InChI is InChI=1S/C24H33FN4O/c1-18-13-22(11-12-29(18)16-19-7-5-4-6-8-19)28-24(26-2)27-15-20-9-10-23(25)21(14-20)17-30-3/h4-10,14,18,22H,11-13,15-17H2,1-3H3,(H2,26,27,28). The van der Waals surface area contributed by atoms with Gasteiger partial charge in [0.2, 0.25) is 0 Å². The van der Waals surface area contributed by atoms with Gasteiger partial charge in [-0.15, -0.1) is 0 Å². The predicted octanol–water partition coefficient (Wildman–Crippen LogP) is 3.69. The van der Waals surface area contributed by atoms with Gasteiger partial charge in [-0.05, 0) is 43.0 Å². The summed E-state index contributed by atoms with van der Waals surface area (Å²) in [5.41, 5.74) is 2.93. The van der Waals surface area contributed by atoms with Crippen molar-refractivity contribution in [2.75, 3.05) is 20.7 Å². The highest BCUT2D eigenvalue weighted by Crippen LogP contribution is 2.20. The maximum atomic E-state index is 13.8. The van der Waals surface area contributed by atoms with Gasteiger partial charge in [0.05, 0.1) is 6.61 Å². The molecule has 0 aliphatic carbocycles. The van der Waals surface area contributed by atoms with E-state index in [1.807, 2.05) is 6.07 Å². The third-order valence-electron chi connectivity index (χ3n) is 5.68. The van der Waals surface area contributed by atoms with E-state index in [2.05, 4.69) is 57.8 Å². The second-order valence-electron chi connectivity index (χ2n) is 7.96. The van der Waals surface area contributed by atoms with Gasteiger partial charge in [0.1, 0.15) is 5.82 Å². The first-order valence-electron chi connectivity index (χ1n) is 10.6. The quantitative estimate of drug-likeness (QED) is 0.538. The van der Waals surface area contributed by atoms with Gasteiger partial charge < -0.3 is 15.4 Å². The highest BCUT2D eigenvalue weighted by molar-refractivity contribution is 5.80. The molecule has 2 aromatic rings. The first kappa shape index (κ1) is 22.2.